The van der Waals surface area contributed by atoms with E-state index >= 15 is 0 Å². The summed E-state index contributed by atoms with van der Waals surface area (Å²) < 4.78 is 8.28. The molecular weight excluding hydrogens is 139 g/mol. The SMILES string of the molecule is [CaH2].[Fe].[O]=[AlH]. The van der Waals surface area contributed by atoms with Crippen molar-refractivity contribution in [3.05, 3.63) is 0 Å². The van der Waals surface area contributed by atoms with Gasteiger partial charge in [0.05, 0.1) is 0 Å². The van der Waals surface area contributed by atoms with Crippen LogP contribution < -0.4 is 0 Å². The summed E-state index contributed by atoms with van der Waals surface area (Å²) in [6.45, 7) is 0. The van der Waals surface area contributed by atoms with E-state index < -0.39 is 0 Å². The summed E-state index contributed by atoms with van der Waals surface area (Å²) >= 11 is 0.611. The maximum atomic E-state index is 8.28. The van der Waals surface area contributed by atoms with Crippen LogP contribution in [0.5, 0.6) is 0 Å². The first kappa shape index (κ1) is 16.5. The number of hydrogen-bond donors (Lipinski definition) is 0. The third-order valence-electron chi connectivity index (χ3n) is 0. The van der Waals surface area contributed by atoms with Crippen LogP contribution in [0.15, 0.2) is 0 Å². The fourth-order valence-electron chi connectivity index (χ4n) is 0. The van der Waals surface area contributed by atoms with Gasteiger partial charge in [-0.05, 0) is 0 Å². The molecule has 0 heterocycles. The van der Waals surface area contributed by atoms with Crippen molar-refractivity contribution in [1.82, 2.24) is 0 Å². The molecule has 0 atom stereocenters. The van der Waals surface area contributed by atoms with E-state index in [1.165, 1.54) is 0 Å². The molecule has 0 saturated carbocycles. The molecule has 0 amide bonds. The molecule has 0 radical (unpaired) electrons. The van der Waals surface area contributed by atoms with E-state index in [9.17, 15) is 0 Å². The van der Waals surface area contributed by atoms with Crippen LogP contribution in [0.2, 0.25) is 0 Å². The second-order valence-corrected chi connectivity index (χ2v) is 0. The van der Waals surface area contributed by atoms with Gasteiger partial charge in [0, 0.05) is 17.1 Å². The van der Waals surface area contributed by atoms with Crippen molar-refractivity contribution < 1.29 is 20.9 Å². The molecule has 0 aliphatic carbocycles. The molecule has 0 aliphatic heterocycles. The summed E-state index contributed by atoms with van der Waals surface area (Å²) in [5.74, 6) is 0. The van der Waals surface area contributed by atoms with E-state index in [0.717, 1.165) is 0 Å². The summed E-state index contributed by atoms with van der Waals surface area (Å²) in [6, 6.07) is 0. The molecule has 0 bridgehead atoms. The van der Waals surface area contributed by atoms with Gasteiger partial charge in [-0.3, -0.25) is 0 Å². The van der Waals surface area contributed by atoms with Gasteiger partial charge in [0.15, 0.2) is 0 Å². The minimum atomic E-state index is 0. The van der Waals surface area contributed by atoms with Crippen LogP contribution in [0.1, 0.15) is 0 Å². The zero-order valence-corrected chi connectivity index (χ0v) is 3.99. The molecule has 0 rings (SSSR count). The van der Waals surface area contributed by atoms with E-state index in [1.54, 1.807) is 0 Å². The topological polar surface area (TPSA) is 17.1 Å². The Morgan fingerprint density at radius 2 is 1.25 bits per heavy atom. The summed E-state index contributed by atoms with van der Waals surface area (Å²) in [6.07, 6.45) is 0. The van der Waals surface area contributed by atoms with Gasteiger partial charge in [-0.1, -0.05) is 0 Å². The average Bonchev–Trinajstić information content (AvgIpc) is 1.00. The van der Waals surface area contributed by atoms with E-state index in [4.69, 9.17) is 3.80 Å². The van der Waals surface area contributed by atoms with Crippen LogP contribution in [0, 0.1) is 0 Å². The van der Waals surface area contributed by atoms with E-state index in [2.05, 4.69) is 0 Å². The van der Waals surface area contributed by atoms with Crippen LogP contribution in [0.4, 0.5) is 0 Å². The summed E-state index contributed by atoms with van der Waals surface area (Å²) in [5.41, 5.74) is 0. The fourth-order valence-corrected chi connectivity index (χ4v) is 0. The predicted octanol–water partition coefficient (Wildman–Crippen LogP) is -1.69. The third-order valence-corrected chi connectivity index (χ3v) is 0. The molecule has 0 aromatic rings. The standard InChI is InChI=1S/Al.Ca.Fe.O.3H. The van der Waals surface area contributed by atoms with Crippen LogP contribution >= 0.6 is 0 Å². The number of hydrogen-bond acceptors (Lipinski definition) is 1. The van der Waals surface area contributed by atoms with Crippen molar-refractivity contribution in [1.29, 1.82) is 0 Å². The second-order valence-electron chi connectivity index (χ2n) is 0. The van der Waals surface area contributed by atoms with Crippen molar-refractivity contribution in [2.24, 2.45) is 0 Å². The Kier molecular flexibility index (Phi) is 79.9. The molecule has 4 heteroatoms. The quantitative estimate of drug-likeness (QED) is 0.369. The molecule has 4 heavy (non-hydrogen) atoms. The molecular formula is H3AlCaFeO. The molecule has 0 N–H and O–H groups in total. The molecule has 0 fully saturated rings. The Hall–Kier alpha value is 2.11. The van der Waals surface area contributed by atoms with Crippen LogP contribution in [0.3, 0.4) is 0 Å². The monoisotopic (exact) mass is 142 g/mol. The molecule has 0 aromatic heterocycles. The van der Waals surface area contributed by atoms with Gasteiger partial charge in [-0.2, -0.15) is 0 Å². The Morgan fingerprint density at radius 1 is 1.25 bits per heavy atom. The fraction of sp³-hybridized carbons (Fsp3) is 0. The first-order chi connectivity index (χ1) is 1.00. The normalized spacial score (nSPS) is 0.750. The molecule has 0 saturated heterocycles. The average molecular weight is 142 g/mol. The maximum absolute atomic E-state index is 8.28. The Labute approximate surface area is 73.6 Å². The van der Waals surface area contributed by atoms with E-state index in [1.807, 2.05) is 0 Å². The second kappa shape index (κ2) is 19.4. The van der Waals surface area contributed by atoms with Gasteiger partial charge in [0.2, 0.25) is 0 Å². The first-order valence-electron chi connectivity index (χ1n) is 0.289. The Balaban J connectivity index is -0.00000000500. The molecule has 0 aromatic carbocycles. The van der Waals surface area contributed by atoms with Crippen LogP contribution in [0.25, 0.3) is 0 Å². The van der Waals surface area contributed by atoms with Crippen LogP contribution in [-0.2, 0) is 20.9 Å². The minimum absolute atomic E-state index is 0. The van der Waals surface area contributed by atoms with Crippen molar-refractivity contribution in [2.75, 3.05) is 0 Å². The number of rotatable bonds is 0. The van der Waals surface area contributed by atoms with Gasteiger partial charge in [0.1, 0.15) is 0 Å². The van der Waals surface area contributed by atoms with Crippen LogP contribution in [-0.4, -0.2) is 54.0 Å². The zero-order valence-electron chi connectivity index (χ0n) is 1.47. The van der Waals surface area contributed by atoms with Crippen molar-refractivity contribution in [2.45, 2.75) is 0 Å². The van der Waals surface area contributed by atoms with Crippen molar-refractivity contribution in [3.63, 3.8) is 0 Å². The Morgan fingerprint density at radius 3 is 1.25 bits per heavy atom. The zero-order chi connectivity index (χ0) is 2.00. The van der Waals surface area contributed by atoms with E-state index in [-0.39, 0.29) is 54.8 Å². The molecule has 0 unspecified atom stereocenters. The summed E-state index contributed by atoms with van der Waals surface area (Å²) in [7, 11) is 0. The van der Waals surface area contributed by atoms with E-state index in [0.29, 0.717) is 16.2 Å². The first-order valence-corrected chi connectivity index (χ1v) is 0.866. The summed E-state index contributed by atoms with van der Waals surface area (Å²) in [5, 5.41) is 0. The van der Waals surface area contributed by atoms with Gasteiger partial charge in [-0.25, -0.2) is 0 Å². The predicted molar refractivity (Wildman–Crippen MR) is 16.4 cm³/mol. The molecule has 22 valence electrons. The van der Waals surface area contributed by atoms with Crippen molar-refractivity contribution in [3.8, 4) is 0 Å². The molecule has 0 spiro atoms. The third kappa shape index (κ3) is 8.93. The summed E-state index contributed by atoms with van der Waals surface area (Å²) in [4.78, 5) is 0. The molecule has 1 nitrogen and oxygen atoms in total. The van der Waals surface area contributed by atoms with Crippen molar-refractivity contribution >= 4 is 54.0 Å². The van der Waals surface area contributed by atoms with Gasteiger partial charge in [0.25, 0.3) is 0 Å². The van der Waals surface area contributed by atoms with Gasteiger partial charge >= 0.3 is 57.8 Å². The van der Waals surface area contributed by atoms with Gasteiger partial charge < -0.3 is 0 Å². The van der Waals surface area contributed by atoms with Gasteiger partial charge in [-0.15, -0.1) is 0 Å². The molecule has 0 aliphatic rings. The Bertz CT molecular complexity index is 8.00.